The number of ketones is 1. The number of carbonyl (C=O) groups is 1. The third-order valence-corrected chi connectivity index (χ3v) is 1.90. The van der Waals surface area contributed by atoms with Gasteiger partial charge in [-0.25, -0.2) is 0 Å². The van der Waals surface area contributed by atoms with Crippen LogP contribution in [0.5, 0.6) is 0 Å². The summed E-state index contributed by atoms with van der Waals surface area (Å²) in [4.78, 5) is 10.8. The first-order valence-corrected chi connectivity index (χ1v) is 3.18. The maximum Gasteiger partial charge on any atom is 0.157 e. The van der Waals surface area contributed by atoms with Crippen LogP contribution in [0.4, 0.5) is 0 Å². The highest BCUT2D eigenvalue weighted by Gasteiger charge is 2.47. The van der Waals surface area contributed by atoms with Crippen molar-refractivity contribution in [2.45, 2.75) is 20.8 Å². The second-order valence-electron chi connectivity index (χ2n) is 3.04. The van der Waals surface area contributed by atoms with Crippen LogP contribution in [0.2, 0.25) is 0 Å². The molecule has 1 aliphatic rings. The highest BCUT2D eigenvalue weighted by atomic mass is 16.1. The summed E-state index contributed by atoms with van der Waals surface area (Å²) in [7, 11) is 0. The predicted octanol–water partition coefficient (Wildman–Crippen LogP) is 1.44. The SMILES string of the molecule is CC(=O)C1=C(C#N)C1(C)C. The minimum absolute atomic E-state index is 0.0292. The van der Waals surface area contributed by atoms with Crippen molar-refractivity contribution in [2.75, 3.05) is 0 Å². The Balaban J connectivity index is 2.93. The van der Waals surface area contributed by atoms with E-state index < -0.39 is 0 Å². The molecule has 0 aliphatic heterocycles. The molecule has 0 saturated heterocycles. The van der Waals surface area contributed by atoms with E-state index in [0.717, 1.165) is 0 Å². The van der Waals surface area contributed by atoms with Gasteiger partial charge in [0.25, 0.3) is 0 Å². The normalized spacial score (nSPS) is 20.2. The first-order valence-electron chi connectivity index (χ1n) is 3.18. The zero-order chi connectivity index (χ0) is 7.94. The molecule has 0 aromatic heterocycles. The predicted molar refractivity (Wildman–Crippen MR) is 37.1 cm³/mol. The van der Waals surface area contributed by atoms with E-state index >= 15 is 0 Å². The van der Waals surface area contributed by atoms with Gasteiger partial charge in [-0.15, -0.1) is 0 Å². The molecule has 0 aromatic carbocycles. The highest BCUT2D eigenvalue weighted by Crippen LogP contribution is 2.51. The van der Waals surface area contributed by atoms with Crippen LogP contribution in [-0.4, -0.2) is 5.78 Å². The van der Waals surface area contributed by atoms with Crippen molar-refractivity contribution in [3.8, 4) is 6.07 Å². The molecule has 0 aromatic rings. The van der Waals surface area contributed by atoms with Gasteiger partial charge in [0, 0.05) is 16.6 Å². The van der Waals surface area contributed by atoms with Crippen molar-refractivity contribution >= 4 is 5.78 Å². The van der Waals surface area contributed by atoms with Crippen molar-refractivity contribution in [1.82, 2.24) is 0 Å². The Labute approximate surface area is 60.2 Å². The van der Waals surface area contributed by atoms with Crippen LogP contribution in [0.15, 0.2) is 11.1 Å². The van der Waals surface area contributed by atoms with E-state index in [2.05, 4.69) is 0 Å². The lowest BCUT2D eigenvalue weighted by molar-refractivity contribution is -0.113. The standard InChI is InChI=1S/C8H9NO/c1-5(10)7-6(4-9)8(7,2)3/h1-3H3. The van der Waals surface area contributed by atoms with Gasteiger partial charge in [0.15, 0.2) is 5.78 Å². The molecule has 2 heteroatoms. The summed E-state index contributed by atoms with van der Waals surface area (Å²) in [5.74, 6) is 0.0292. The smallest absolute Gasteiger partial charge is 0.157 e. The maximum absolute atomic E-state index is 10.8. The lowest BCUT2D eigenvalue weighted by Crippen LogP contribution is -1.97. The van der Waals surface area contributed by atoms with Crippen LogP contribution < -0.4 is 0 Å². The summed E-state index contributed by atoms with van der Waals surface area (Å²) in [6.45, 7) is 5.28. The van der Waals surface area contributed by atoms with Crippen LogP contribution in [0.3, 0.4) is 0 Å². The molecule has 0 atom stereocenters. The second kappa shape index (κ2) is 1.69. The monoisotopic (exact) mass is 135 g/mol. The van der Waals surface area contributed by atoms with E-state index in [1.807, 2.05) is 19.9 Å². The largest absolute Gasteiger partial charge is 0.295 e. The van der Waals surface area contributed by atoms with Gasteiger partial charge >= 0.3 is 0 Å². The van der Waals surface area contributed by atoms with E-state index in [1.54, 1.807) is 0 Å². The fraction of sp³-hybridized carbons (Fsp3) is 0.500. The molecule has 52 valence electrons. The Bertz CT molecular complexity index is 265. The number of rotatable bonds is 1. The first-order chi connectivity index (χ1) is 4.51. The van der Waals surface area contributed by atoms with E-state index in [9.17, 15) is 4.79 Å². The fourth-order valence-corrected chi connectivity index (χ4v) is 1.28. The number of nitriles is 1. The topological polar surface area (TPSA) is 40.9 Å². The molecule has 10 heavy (non-hydrogen) atoms. The Morgan fingerprint density at radius 2 is 2.10 bits per heavy atom. The Kier molecular flexibility index (Phi) is 1.19. The quantitative estimate of drug-likeness (QED) is 0.545. The summed E-state index contributed by atoms with van der Waals surface area (Å²) in [6.07, 6.45) is 0. The lowest BCUT2D eigenvalue weighted by atomic mass is 10.0. The number of carbonyl (C=O) groups excluding carboxylic acids is 1. The Hall–Kier alpha value is -1.10. The Morgan fingerprint density at radius 1 is 1.60 bits per heavy atom. The van der Waals surface area contributed by atoms with Gasteiger partial charge in [0.1, 0.15) is 0 Å². The van der Waals surface area contributed by atoms with Crippen LogP contribution in [0, 0.1) is 16.7 Å². The van der Waals surface area contributed by atoms with Crippen molar-refractivity contribution < 1.29 is 4.79 Å². The van der Waals surface area contributed by atoms with E-state index in [4.69, 9.17) is 5.26 Å². The van der Waals surface area contributed by atoms with Crippen LogP contribution in [-0.2, 0) is 4.79 Å². The third kappa shape index (κ3) is 0.672. The molecule has 1 aliphatic carbocycles. The summed E-state index contributed by atoms with van der Waals surface area (Å²) in [5.41, 5.74) is 1.13. The van der Waals surface area contributed by atoms with Crippen LogP contribution in [0.1, 0.15) is 20.8 Å². The van der Waals surface area contributed by atoms with Gasteiger partial charge in [-0.3, -0.25) is 4.79 Å². The van der Waals surface area contributed by atoms with Crippen molar-refractivity contribution in [2.24, 2.45) is 5.41 Å². The van der Waals surface area contributed by atoms with Gasteiger partial charge in [0.2, 0.25) is 0 Å². The molecule has 2 nitrogen and oxygen atoms in total. The molecule has 0 spiro atoms. The minimum Gasteiger partial charge on any atom is -0.295 e. The van der Waals surface area contributed by atoms with Crippen LogP contribution >= 0.6 is 0 Å². The maximum atomic E-state index is 10.8. The van der Waals surface area contributed by atoms with E-state index in [-0.39, 0.29) is 11.2 Å². The van der Waals surface area contributed by atoms with E-state index in [0.29, 0.717) is 11.1 Å². The zero-order valence-electron chi connectivity index (χ0n) is 6.36. The van der Waals surface area contributed by atoms with Crippen molar-refractivity contribution in [3.63, 3.8) is 0 Å². The minimum atomic E-state index is -0.222. The van der Waals surface area contributed by atoms with Gasteiger partial charge in [-0.05, 0) is 6.92 Å². The van der Waals surface area contributed by atoms with Gasteiger partial charge in [-0.2, -0.15) is 5.26 Å². The average Bonchev–Trinajstić information content (AvgIpc) is 2.33. The molecule has 0 radical (unpaired) electrons. The van der Waals surface area contributed by atoms with Gasteiger partial charge in [-0.1, -0.05) is 13.8 Å². The molecule has 0 unspecified atom stereocenters. The fourth-order valence-electron chi connectivity index (χ4n) is 1.28. The van der Waals surface area contributed by atoms with Gasteiger partial charge < -0.3 is 0 Å². The summed E-state index contributed by atoms with van der Waals surface area (Å²) in [6, 6.07) is 2.02. The number of hydrogen-bond donors (Lipinski definition) is 0. The summed E-state index contributed by atoms with van der Waals surface area (Å²) in [5, 5.41) is 8.50. The van der Waals surface area contributed by atoms with E-state index in [1.165, 1.54) is 6.92 Å². The second-order valence-corrected chi connectivity index (χ2v) is 3.04. The molecule has 0 bridgehead atoms. The average molecular weight is 135 g/mol. The zero-order valence-corrected chi connectivity index (χ0v) is 6.36. The first kappa shape index (κ1) is 7.01. The van der Waals surface area contributed by atoms with Crippen LogP contribution in [0.25, 0.3) is 0 Å². The number of hydrogen-bond acceptors (Lipinski definition) is 2. The third-order valence-electron chi connectivity index (χ3n) is 1.90. The van der Waals surface area contributed by atoms with Gasteiger partial charge in [0.05, 0.1) is 6.07 Å². The molecule has 0 saturated carbocycles. The highest BCUT2D eigenvalue weighted by molar-refractivity contribution is 6.03. The molecule has 0 fully saturated rings. The molecule has 1 rings (SSSR count). The number of nitrogens with zero attached hydrogens (tertiary/aromatic N) is 1. The molecule has 0 amide bonds. The number of allylic oxidation sites excluding steroid dienone is 2. The molecular formula is C8H9NO. The lowest BCUT2D eigenvalue weighted by Gasteiger charge is -1.98. The van der Waals surface area contributed by atoms with Crippen molar-refractivity contribution in [3.05, 3.63) is 11.1 Å². The number of Topliss-reactive ketones (excluding diaryl/α,β-unsaturated/α-hetero) is 1. The summed E-state index contributed by atoms with van der Waals surface area (Å²) >= 11 is 0. The Morgan fingerprint density at radius 3 is 2.20 bits per heavy atom. The molecule has 0 heterocycles. The van der Waals surface area contributed by atoms with Crippen molar-refractivity contribution in [1.29, 1.82) is 5.26 Å². The molecule has 0 N–H and O–H groups in total. The molecular weight excluding hydrogens is 126 g/mol. The summed E-state index contributed by atoms with van der Waals surface area (Å²) < 4.78 is 0.